The first kappa shape index (κ1) is 8.75. The molecular weight excluding hydrogens is 164 g/mol. The summed E-state index contributed by atoms with van der Waals surface area (Å²) in [4.78, 5) is 15.8. The van der Waals surface area contributed by atoms with Crippen LogP contribution in [0.5, 0.6) is 0 Å². The molecule has 2 aliphatic rings. The summed E-state index contributed by atoms with van der Waals surface area (Å²) in [6, 6.07) is 1.07. The van der Waals surface area contributed by atoms with Gasteiger partial charge in [-0.15, -0.1) is 0 Å². The maximum atomic E-state index is 11.5. The van der Waals surface area contributed by atoms with Crippen molar-refractivity contribution in [2.24, 2.45) is 0 Å². The molecule has 72 valence electrons. The van der Waals surface area contributed by atoms with Crippen molar-refractivity contribution in [3.63, 3.8) is 0 Å². The molecule has 3 nitrogen and oxygen atoms in total. The summed E-state index contributed by atoms with van der Waals surface area (Å²) < 4.78 is 0. The van der Waals surface area contributed by atoms with Gasteiger partial charge in [-0.3, -0.25) is 9.69 Å². The van der Waals surface area contributed by atoms with E-state index < -0.39 is 0 Å². The van der Waals surface area contributed by atoms with Crippen LogP contribution in [0.15, 0.2) is 12.7 Å². The van der Waals surface area contributed by atoms with Gasteiger partial charge in [-0.2, -0.15) is 0 Å². The molecule has 0 radical (unpaired) electrons. The molecule has 2 aliphatic heterocycles. The van der Waals surface area contributed by atoms with E-state index in [2.05, 4.69) is 18.5 Å². The molecule has 0 aromatic rings. The number of hydrogen-bond donors (Lipinski definition) is 0. The Labute approximate surface area is 79.0 Å². The normalized spacial score (nSPS) is 33.5. The van der Waals surface area contributed by atoms with Gasteiger partial charge in [0.15, 0.2) is 0 Å². The highest BCUT2D eigenvalue weighted by Crippen LogP contribution is 2.29. The number of likely N-dealkylation sites (tertiary alicyclic amines) is 2. The Kier molecular flexibility index (Phi) is 2.12. The van der Waals surface area contributed by atoms with Crippen LogP contribution in [-0.2, 0) is 4.79 Å². The highest BCUT2D eigenvalue weighted by atomic mass is 16.2. The molecule has 2 saturated heterocycles. The van der Waals surface area contributed by atoms with E-state index in [1.165, 1.54) is 12.5 Å². The molecular formula is C10H16N2O. The first-order valence-electron chi connectivity index (χ1n) is 4.87. The predicted octanol–water partition coefficient (Wildman–Crippen LogP) is 0.477. The number of fused-ring (bicyclic) bond motifs is 1. The molecule has 2 heterocycles. The minimum atomic E-state index is 0.0998. The van der Waals surface area contributed by atoms with Gasteiger partial charge in [0.25, 0.3) is 0 Å². The first-order valence-corrected chi connectivity index (χ1v) is 4.87. The van der Waals surface area contributed by atoms with Crippen LogP contribution in [0.25, 0.3) is 0 Å². The van der Waals surface area contributed by atoms with Crippen molar-refractivity contribution in [3.05, 3.63) is 12.7 Å². The van der Waals surface area contributed by atoms with Crippen LogP contribution >= 0.6 is 0 Å². The molecule has 13 heavy (non-hydrogen) atoms. The Morgan fingerprint density at radius 3 is 2.92 bits per heavy atom. The topological polar surface area (TPSA) is 23.6 Å². The van der Waals surface area contributed by atoms with Gasteiger partial charge in [0.1, 0.15) is 0 Å². The lowest BCUT2D eigenvalue weighted by atomic mass is 9.87. The van der Waals surface area contributed by atoms with Gasteiger partial charge < -0.3 is 4.90 Å². The average Bonchev–Trinajstić information content (AvgIpc) is 2.15. The van der Waals surface area contributed by atoms with Crippen molar-refractivity contribution in [2.45, 2.75) is 24.9 Å². The Morgan fingerprint density at radius 2 is 2.31 bits per heavy atom. The Morgan fingerprint density at radius 1 is 1.54 bits per heavy atom. The number of piperidine rings is 1. The van der Waals surface area contributed by atoms with Crippen LogP contribution in [0.4, 0.5) is 0 Å². The zero-order valence-electron chi connectivity index (χ0n) is 8.07. The van der Waals surface area contributed by atoms with Crippen LogP contribution < -0.4 is 0 Å². The third-order valence-corrected chi connectivity index (χ3v) is 3.24. The number of likely N-dealkylation sites (N-methyl/N-ethyl adjacent to an activating group) is 1. The van der Waals surface area contributed by atoms with Gasteiger partial charge >= 0.3 is 0 Å². The summed E-state index contributed by atoms with van der Waals surface area (Å²) in [5.74, 6) is 0.0998. The molecule has 3 heteroatoms. The van der Waals surface area contributed by atoms with Crippen molar-refractivity contribution in [3.8, 4) is 0 Å². The predicted molar refractivity (Wildman–Crippen MR) is 51.4 cm³/mol. The fourth-order valence-corrected chi connectivity index (χ4v) is 2.45. The van der Waals surface area contributed by atoms with Crippen molar-refractivity contribution in [2.75, 3.05) is 20.1 Å². The molecule has 0 spiro atoms. The summed E-state index contributed by atoms with van der Waals surface area (Å²) in [5.41, 5.74) is 0. The van der Waals surface area contributed by atoms with Crippen molar-refractivity contribution < 1.29 is 4.79 Å². The number of nitrogens with zero attached hydrogens (tertiary/aromatic N) is 2. The van der Waals surface area contributed by atoms with Crippen LogP contribution in [0.3, 0.4) is 0 Å². The number of rotatable bonds is 1. The fraction of sp³-hybridized carbons (Fsp3) is 0.700. The largest absolute Gasteiger partial charge is 0.333 e. The summed E-state index contributed by atoms with van der Waals surface area (Å²) in [7, 11) is 2.13. The van der Waals surface area contributed by atoms with Crippen LogP contribution in [-0.4, -0.2) is 47.9 Å². The molecule has 2 fully saturated rings. The van der Waals surface area contributed by atoms with E-state index in [1.54, 1.807) is 0 Å². The molecule has 0 aromatic heterocycles. The highest BCUT2D eigenvalue weighted by Gasteiger charge is 2.43. The van der Waals surface area contributed by atoms with E-state index in [1.807, 2.05) is 4.90 Å². The highest BCUT2D eigenvalue weighted by molar-refractivity contribution is 5.87. The third kappa shape index (κ3) is 1.27. The van der Waals surface area contributed by atoms with Gasteiger partial charge in [0, 0.05) is 19.1 Å². The molecule has 2 unspecified atom stereocenters. The summed E-state index contributed by atoms with van der Waals surface area (Å²) in [6.45, 7) is 5.48. The summed E-state index contributed by atoms with van der Waals surface area (Å²) >= 11 is 0. The first-order chi connectivity index (χ1) is 6.24. The molecule has 0 aliphatic carbocycles. The number of amides is 1. The second-order valence-corrected chi connectivity index (χ2v) is 3.95. The van der Waals surface area contributed by atoms with Gasteiger partial charge in [-0.05, 0) is 26.0 Å². The second-order valence-electron chi connectivity index (χ2n) is 3.95. The van der Waals surface area contributed by atoms with Gasteiger partial charge in [-0.25, -0.2) is 0 Å². The number of carbonyl (C=O) groups is 1. The maximum Gasteiger partial charge on any atom is 0.246 e. The molecule has 0 saturated carbocycles. The fourth-order valence-electron chi connectivity index (χ4n) is 2.45. The van der Waals surface area contributed by atoms with Crippen molar-refractivity contribution in [1.29, 1.82) is 0 Å². The van der Waals surface area contributed by atoms with Crippen LogP contribution in [0.2, 0.25) is 0 Å². The minimum absolute atomic E-state index is 0.0998. The maximum absolute atomic E-state index is 11.5. The molecule has 2 atom stereocenters. The summed E-state index contributed by atoms with van der Waals surface area (Å²) in [6.07, 6.45) is 3.80. The van der Waals surface area contributed by atoms with E-state index in [9.17, 15) is 4.79 Å². The lowest BCUT2D eigenvalue weighted by molar-refractivity contribution is -0.138. The molecule has 0 N–H and O–H groups in total. The lowest BCUT2D eigenvalue weighted by Crippen LogP contribution is -2.68. The standard InChI is InChI=1S/C10H16N2O/c1-3-10(13)12-6-4-5-8-9(12)7-11(8)2/h3,8-9H,1,4-7H2,2H3. The monoisotopic (exact) mass is 180 g/mol. The van der Waals surface area contributed by atoms with Crippen LogP contribution in [0.1, 0.15) is 12.8 Å². The SMILES string of the molecule is C=CC(=O)N1CCCC2C1CN2C. The molecule has 0 aromatic carbocycles. The van der Waals surface area contributed by atoms with Gasteiger partial charge in [0.2, 0.25) is 5.91 Å². The van der Waals surface area contributed by atoms with E-state index in [4.69, 9.17) is 0 Å². The molecule has 0 bridgehead atoms. The average molecular weight is 180 g/mol. The summed E-state index contributed by atoms with van der Waals surface area (Å²) in [5, 5.41) is 0. The van der Waals surface area contributed by atoms with E-state index in [0.29, 0.717) is 12.1 Å². The van der Waals surface area contributed by atoms with E-state index >= 15 is 0 Å². The van der Waals surface area contributed by atoms with E-state index in [-0.39, 0.29) is 5.91 Å². The van der Waals surface area contributed by atoms with E-state index in [0.717, 1.165) is 19.5 Å². The second kappa shape index (κ2) is 3.14. The zero-order chi connectivity index (χ0) is 9.42. The Hall–Kier alpha value is -0.830. The lowest BCUT2D eigenvalue weighted by Gasteiger charge is -2.54. The van der Waals surface area contributed by atoms with Crippen molar-refractivity contribution >= 4 is 5.91 Å². The van der Waals surface area contributed by atoms with Gasteiger partial charge in [0.05, 0.1) is 6.04 Å². The van der Waals surface area contributed by atoms with Crippen LogP contribution in [0, 0.1) is 0 Å². The Balaban J connectivity index is 2.05. The van der Waals surface area contributed by atoms with Gasteiger partial charge in [-0.1, -0.05) is 6.58 Å². The quantitative estimate of drug-likeness (QED) is 0.548. The molecule has 1 amide bonds. The minimum Gasteiger partial charge on any atom is -0.333 e. The molecule has 2 rings (SSSR count). The number of carbonyl (C=O) groups excluding carboxylic acids is 1. The number of hydrogen-bond acceptors (Lipinski definition) is 2. The smallest absolute Gasteiger partial charge is 0.246 e. The van der Waals surface area contributed by atoms with Crippen molar-refractivity contribution in [1.82, 2.24) is 9.80 Å². The Bertz CT molecular complexity index is 239. The third-order valence-electron chi connectivity index (χ3n) is 3.24. The zero-order valence-corrected chi connectivity index (χ0v) is 8.07.